The SMILES string of the molecule is CCCNc1cccc(N2CCCC2CC)c1[N+](=O)[O-]. The van der Waals surface area contributed by atoms with E-state index in [1.807, 2.05) is 12.1 Å². The molecule has 2 rings (SSSR count). The molecule has 1 aromatic carbocycles. The topological polar surface area (TPSA) is 58.4 Å². The Morgan fingerprint density at radius 3 is 2.90 bits per heavy atom. The smallest absolute Gasteiger partial charge is 0.315 e. The van der Waals surface area contributed by atoms with Gasteiger partial charge < -0.3 is 10.2 Å². The average molecular weight is 277 g/mol. The van der Waals surface area contributed by atoms with Crippen LogP contribution in [0.4, 0.5) is 17.1 Å². The van der Waals surface area contributed by atoms with E-state index in [1.54, 1.807) is 6.07 Å². The van der Waals surface area contributed by atoms with Gasteiger partial charge >= 0.3 is 5.69 Å². The maximum atomic E-state index is 11.5. The average Bonchev–Trinajstić information content (AvgIpc) is 2.92. The molecule has 1 aromatic rings. The fraction of sp³-hybridized carbons (Fsp3) is 0.600. The molecule has 20 heavy (non-hydrogen) atoms. The third-order valence-corrected chi connectivity index (χ3v) is 3.92. The van der Waals surface area contributed by atoms with Gasteiger partial charge in [0, 0.05) is 19.1 Å². The van der Waals surface area contributed by atoms with Crippen LogP contribution in [0.15, 0.2) is 18.2 Å². The zero-order chi connectivity index (χ0) is 14.5. The molecule has 0 aromatic heterocycles. The number of rotatable bonds is 6. The summed E-state index contributed by atoms with van der Waals surface area (Å²) < 4.78 is 0. The van der Waals surface area contributed by atoms with Gasteiger partial charge in [-0.3, -0.25) is 10.1 Å². The van der Waals surface area contributed by atoms with Crippen molar-refractivity contribution in [1.29, 1.82) is 0 Å². The highest BCUT2D eigenvalue weighted by Gasteiger charge is 2.30. The van der Waals surface area contributed by atoms with Crippen LogP contribution in [0, 0.1) is 10.1 Å². The zero-order valence-corrected chi connectivity index (χ0v) is 12.3. The number of nitrogens with zero attached hydrogens (tertiary/aromatic N) is 2. The summed E-state index contributed by atoms with van der Waals surface area (Å²) in [6.07, 6.45) is 4.22. The normalized spacial score (nSPS) is 18.3. The Labute approximate surface area is 120 Å². The van der Waals surface area contributed by atoms with Gasteiger partial charge in [0.1, 0.15) is 11.4 Å². The van der Waals surface area contributed by atoms with E-state index in [0.717, 1.165) is 44.5 Å². The first-order valence-corrected chi connectivity index (χ1v) is 7.47. The molecule has 0 saturated carbocycles. The first-order valence-electron chi connectivity index (χ1n) is 7.47. The van der Waals surface area contributed by atoms with Gasteiger partial charge in [-0.2, -0.15) is 0 Å². The molecule has 1 atom stereocenters. The summed E-state index contributed by atoms with van der Waals surface area (Å²) in [7, 11) is 0. The van der Waals surface area contributed by atoms with Gasteiger partial charge in [-0.25, -0.2) is 0 Å². The minimum atomic E-state index is -0.252. The van der Waals surface area contributed by atoms with Gasteiger partial charge in [0.05, 0.1) is 4.92 Å². The second-order valence-corrected chi connectivity index (χ2v) is 5.25. The van der Waals surface area contributed by atoms with Crippen molar-refractivity contribution in [2.75, 3.05) is 23.3 Å². The lowest BCUT2D eigenvalue weighted by molar-refractivity contribution is -0.383. The van der Waals surface area contributed by atoms with Gasteiger partial charge in [0.2, 0.25) is 0 Å². The van der Waals surface area contributed by atoms with E-state index < -0.39 is 0 Å². The van der Waals surface area contributed by atoms with Gasteiger partial charge in [-0.05, 0) is 37.8 Å². The minimum Gasteiger partial charge on any atom is -0.379 e. The molecule has 1 unspecified atom stereocenters. The number of hydrogen-bond acceptors (Lipinski definition) is 4. The summed E-state index contributed by atoms with van der Waals surface area (Å²) in [6.45, 7) is 5.86. The summed E-state index contributed by atoms with van der Waals surface area (Å²) >= 11 is 0. The van der Waals surface area contributed by atoms with Gasteiger partial charge in [-0.1, -0.05) is 19.9 Å². The lowest BCUT2D eigenvalue weighted by atomic mass is 10.1. The van der Waals surface area contributed by atoms with Crippen molar-refractivity contribution in [2.45, 2.75) is 45.6 Å². The second-order valence-electron chi connectivity index (χ2n) is 5.25. The Balaban J connectivity index is 2.38. The summed E-state index contributed by atoms with van der Waals surface area (Å²) in [5.74, 6) is 0. The Morgan fingerprint density at radius 1 is 1.45 bits per heavy atom. The summed E-state index contributed by atoms with van der Waals surface area (Å²) in [6, 6.07) is 6.01. The van der Waals surface area contributed by atoms with E-state index in [1.165, 1.54) is 0 Å². The molecular formula is C15H23N3O2. The van der Waals surface area contributed by atoms with E-state index >= 15 is 0 Å². The minimum absolute atomic E-state index is 0.223. The molecule has 5 heteroatoms. The largest absolute Gasteiger partial charge is 0.379 e. The third kappa shape index (κ3) is 2.86. The van der Waals surface area contributed by atoms with Crippen molar-refractivity contribution in [1.82, 2.24) is 0 Å². The Hall–Kier alpha value is -1.78. The van der Waals surface area contributed by atoms with Gasteiger partial charge in [-0.15, -0.1) is 0 Å². The van der Waals surface area contributed by atoms with E-state index in [9.17, 15) is 10.1 Å². The van der Waals surface area contributed by atoms with E-state index in [0.29, 0.717) is 11.7 Å². The first-order chi connectivity index (χ1) is 9.69. The van der Waals surface area contributed by atoms with Crippen molar-refractivity contribution in [3.8, 4) is 0 Å². The van der Waals surface area contributed by atoms with Crippen molar-refractivity contribution in [2.24, 2.45) is 0 Å². The van der Waals surface area contributed by atoms with Crippen LogP contribution in [-0.4, -0.2) is 24.1 Å². The van der Waals surface area contributed by atoms with Crippen LogP contribution < -0.4 is 10.2 Å². The van der Waals surface area contributed by atoms with Crippen LogP contribution in [0.25, 0.3) is 0 Å². The van der Waals surface area contributed by atoms with Crippen LogP contribution in [0.5, 0.6) is 0 Å². The Bertz CT molecular complexity index is 476. The molecule has 1 saturated heterocycles. The molecule has 0 amide bonds. The van der Waals surface area contributed by atoms with Gasteiger partial charge in [0.25, 0.3) is 0 Å². The van der Waals surface area contributed by atoms with Crippen molar-refractivity contribution >= 4 is 17.1 Å². The number of nitrogens with one attached hydrogen (secondary N) is 1. The number of anilines is 2. The van der Waals surface area contributed by atoms with Crippen LogP contribution >= 0.6 is 0 Å². The number of nitro benzene ring substituents is 1. The lowest BCUT2D eigenvalue weighted by Crippen LogP contribution is -2.29. The zero-order valence-electron chi connectivity index (χ0n) is 12.3. The molecule has 1 heterocycles. The third-order valence-electron chi connectivity index (χ3n) is 3.92. The van der Waals surface area contributed by atoms with E-state index in [-0.39, 0.29) is 10.6 Å². The van der Waals surface area contributed by atoms with Crippen LogP contribution in [0.2, 0.25) is 0 Å². The number of nitro groups is 1. The molecule has 5 nitrogen and oxygen atoms in total. The van der Waals surface area contributed by atoms with E-state index in [4.69, 9.17) is 0 Å². The highest BCUT2D eigenvalue weighted by molar-refractivity contribution is 5.77. The second kappa shape index (κ2) is 6.59. The molecule has 0 spiro atoms. The number of para-hydroxylation sites is 1. The molecule has 0 radical (unpaired) electrons. The van der Waals surface area contributed by atoms with Crippen LogP contribution in [0.1, 0.15) is 39.5 Å². The maximum Gasteiger partial charge on any atom is 0.315 e. The highest BCUT2D eigenvalue weighted by Crippen LogP contribution is 2.39. The fourth-order valence-corrected chi connectivity index (χ4v) is 2.93. The first kappa shape index (κ1) is 14.6. The molecular weight excluding hydrogens is 254 g/mol. The van der Waals surface area contributed by atoms with Crippen LogP contribution in [0.3, 0.4) is 0 Å². The molecule has 0 aliphatic carbocycles. The van der Waals surface area contributed by atoms with Gasteiger partial charge in [0.15, 0.2) is 0 Å². The predicted molar refractivity (Wildman–Crippen MR) is 82.5 cm³/mol. The molecule has 0 bridgehead atoms. The summed E-state index contributed by atoms with van der Waals surface area (Å²) in [4.78, 5) is 13.4. The summed E-state index contributed by atoms with van der Waals surface area (Å²) in [5.41, 5.74) is 1.62. The maximum absolute atomic E-state index is 11.5. The lowest BCUT2D eigenvalue weighted by Gasteiger charge is -2.26. The standard InChI is InChI=1S/C15H23N3O2/c1-3-10-16-13-8-5-9-14(15(13)18(19)20)17-11-6-7-12(17)4-2/h5,8-9,12,16H,3-4,6-7,10-11H2,1-2H3. The monoisotopic (exact) mass is 277 g/mol. The highest BCUT2D eigenvalue weighted by atomic mass is 16.6. The molecule has 1 fully saturated rings. The van der Waals surface area contributed by atoms with Crippen molar-refractivity contribution in [3.05, 3.63) is 28.3 Å². The van der Waals surface area contributed by atoms with E-state index in [2.05, 4.69) is 24.1 Å². The Kier molecular flexibility index (Phi) is 4.82. The molecule has 1 N–H and O–H groups in total. The van der Waals surface area contributed by atoms with Crippen LogP contribution in [-0.2, 0) is 0 Å². The quantitative estimate of drug-likeness (QED) is 0.634. The van der Waals surface area contributed by atoms with Crippen molar-refractivity contribution < 1.29 is 4.92 Å². The molecule has 1 aliphatic rings. The fourth-order valence-electron chi connectivity index (χ4n) is 2.93. The molecule has 110 valence electrons. The Morgan fingerprint density at radius 2 is 2.25 bits per heavy atom. The van der Waals surface area contributed by atoms with Crippen molar-refractivity contribution in [3.63, 3.8) is 0 Å². The summed E-state index contributed by atoms with van der Waals surface area (Å²) in [5, 5.41) is 14.7. The number of benzene rings is 1. The molecule has 1 aliphatic heterocycles. The predicted octanol–water partition coefficient (Wildman–Crippen LogP) is 3.80. The number of hydrogen-bond donors (Lipinski definition) is 1.